The van der Waals surface area contributed by atoms with Gasteiger partial charge in [0.15, 0.2) is 0 Å². The molecule has 1 heterocycles. The number of hydrogen-bond acceptors (Lipinski definition) is 5. The predicted octanol–water partition coefficient (Wildman–Crippen LogP) is 20.8. The molecule has 1 aliphatic heterocycles. The first-order valence-electron chi connectivity index (χ1n) is 34.9. The summed E-state index contributed by atoms with van der Waals surface area (Å²) in [7, 11) is 0. The molecular weight excluding hydrogens is 931 g/mol. The summed E-state index contributed by atoms with van der Waals surface area (Å²) >= 11 is 0. The summed E-state index contributed by atoms with van der Waals surface area (Å²) in [6.07, 6.45) is 58.8. The van der Waals surface area contributed by atoms with Gasteiger partial charge in [0.05, 0.1) is 6.54 Å². The highest BCUT2D eigenvalue weighted by molar-refractivity contribution is 5.78. The van der Waals surface area contributed by atoms with Crippen molar-refractivity contribution in [2.75, 3.05) is 85.1 Å². The SMILES string of the molecule is CCC.CCCCC.CCCCCCC.CCCCCCCCCCCCCCN(CC)CC.CCCCCCCCCN(CCCCCCCCC)CCN(CCCCCCCCC)CC(=O)N1CCN(C=O)CC1. The zero-order chi connectivity index (χ0) is 57.1. The van der Waals surface area contributed by atoms with Crippen LogP contribution in [0.5, 0.6) is 0 Å². The van der Waals surface area contributed by atoms with Crippen molar-refractivity contribution in [1.82, 2.24) is 24.5 Å². The quantitative estimate of drug-likeness (QED) is 0.0449. The van der Waals surface area contributed by atoms with Gasteiger partial charge >= 0.3 is 0 Å². The lowest BCUT2D eigenvalue weighted by molar-refractivity contribution is -0.136. The van der Waals surface area contributed by atoms with E-state index in [-0.39, 0.29) is 5.91 Å². The fourth-order valence-corrected chi connectivity index (χ4v) is 9.88. The minimum atomic E-state index is 0.245. The van der Waals surface area contributed by atoms with Gasteiger partial charge < -0.3 is 19.6 Å². The average molecular weight is 1080 g/mol. The van der Waals surface area contributed by atoms with E-state index in [0.717, 1.165) is 26.0 Å². The Bertz CT molecular complexity index is 994. The first kappa shape index (κ1) is 81.3. The van der Waals surface area contributed by atoms with Crippen LogP contribution in [-0.4, -0.2) is 122 Å². The summed E-state index contributed by atoms with van der Waals surface area (Å²) in [5.41, 5.74) is 0. The Balaban J connectivity index is -0.000000620. The third-order valence-corrected chi connectivity index (χ3v) is 15.3. The van der Waals surface area contributed by atoms with E-state index in [2.05, 4.69) is 97.8 Å². The van der Waals surface area contributed by atoms with Crippen LogP contribution in [0.25, 0.3) is 0 Å². The molecular formula is C69H147N5O2. The molecule has 0 aromatic carbocycles. The third kappa shape index (κ3) is 67.1. The van der Waals surface area contributed by atoms with E-state index in [9.17, 15) is 9.59 Å². The number of rotatable bonds is 51. The van der Waals surface area contributed by atoms with Crippen LogP contribution in [0.2, 0.25) is 0 Å². The molecule has 0 N–H and O–H groups in total. The molecule has 0 aromatic rings. The van der Waals surface area contributed by atoms with Crippen molar-refractivity contribution in [2.45, 2.75) is 353 Å². The van der Waals surface area contributed by atoms with Crippen LogP contribution in [0.15, 0.2) is 0 Å². The Morgan fingerprint density at radius 1 is 0.303 bits per heavy atom. The molecule has 1 fully saturated rings. The molecule has 0 aliphatic carbocycles. The number of carbonyl (C=O) groups excluding carboxylic acids is 2. The van der Waals surface area contributed by atoms with Crippen molar-refractivity contribution in [2.24, 2.45) is 0 Å². The van der Waals surface area contributed by atoms with Crippen molar-refractivity contribution < 1.29 is 9.59 Å². The largest absolute Gasteiger partial charge is 0.342 e. The maximum Gasteiger partial charge on any atom is 0.236 e. The Labute approximate surface area is 482 Å². The Kier molecular flexibility index (Phi) is 79.0. The minimum Gasteiger partial charge on any atom is -0.342 e. The molecule has 460 valence electrons. The van der Waals surface area contributed by atoms with E-state index >= 15 is 0 Å². The van der Waals surface area contributed by atoms with Crippen molar-refractivity contribution in [1.29, 1.82) is 0 Å². The Hall–Kier alpha value is -1.18. The molecule has 0 saturated carbocycles. The molecule has 0 aromatic heterocycles. The molecule has 7 heteroatoms. The molecule has 76 heavy (non-hydrogen) atoms. The summed E-state index contributed by atoms with van der Waals surface area (Å²) in [5, 5.41) is 0. The molecule has 0 unspecified atom stereocenters. The Morgan fingerprint density at radius 2 is 0.539 bits per heavy atom. The van der Waals surface area contributed by atoms with Crippen LogP contribution in [0.3, 0.4) is 0 Å². The molecule has 1 saturated heterocycles. The fraction of sp³-hybridized carbons (Fsp3) is 0.971. The Morgan fingerprint density at radius 3 is 0.803 bits per heavy atom. The number of piperazine rings is 1. The van der Waals surface area contributed by atoms with E-state index < -0.39 is 0 Å². The lowest BCUT2D eigenvalue weighted by atomic mass is 10.1. The number of amides is 2. The van der Waals surface area contributed by atoms with Gasteiger partial charge in [0.25, 0.3) is 0 Å². The van der Waals surface area contributed by atoms with Gasteiger partial charge in [-0.05, 0) is 65.0 Å². The van der Waals surface area contributed by atoms with Gasteiger partial charge in [0, 0.05) is 39.3 Å². The van der Waals surface area contributed by atoms with E-state index in [4.69, 9.17) is 0 Å². The zero-order valence-electron chi connectivity index (χ0n) is 55.0. The molecule has 1 rings (SSSR count). The normalized spacial score (nSPS) is 12.2. The van der Waals surface area contributed by atoms with Gasteiger partial charge in [0.1, 0.15) is 0 Å². The van der Waals surface area contributed by atoms with E-state index in [0.29, 0.717) is 32.7 Å². The van der Waals surface area contributed by atoms with Gasteiger partial charge in [-0.1, -0.05) is 327 Å². The van der Waals surface area contributed by atoms with Gasteiger partial charge in [-0.2, -0.15) is 0 Å². The molecule has 0 bridgehead atoms. The minimum absolute atomic E-state index is 0.245. The second kappa shape index (κ2) is 73.8. The molecule has 7 nitrogen and oxygen atoms in total. The molecule has 0 spiro atoms. The topological polar surface area (TPSA) is 50.3 Å². The first-order chi connectivity index (χ1) is 37.2. The maximum atomic E-state index is 13.3. The highest BCUT2D eigenvalue weighted by atomic mass is 16.2. The second-order valence-corrected chi connectivity index (χ2v) is 23.0. The molecule has 2 amide bonds. The average Bonchev–Trinajstić information content (AvgIpc) is 3.43. The highest BCUT2D eigenvalue weighted by Crippen LogP contribution is 2.14. The van der Waals surface area contributed by atoms with E-state index in [1.807, 2.05) is 4.90 Å². The lowest BCUT2D eigenvalue weighted by Crippen LogP contribution is -2.51. The fourth-order valence-electron chi connectivity index (χ4n) is 9.88. The third-order valence-electron chi connectivity index (χ3n) is 15.3. The number of unbranched alkanes of at least 4 members (excludes halogenated alkanes) is 35. The number of carbonyl (C=O) groups is 2. The smallest absolute Gasteiger partial charge is 0.236 e. The van der Waals surface area contributed by atoms with Crippen LogP contribution in [-0.2, 0) is 9.59 Å². The molecule has 1 aliphatic rings. The standard InChI is InChI=1S/C36H72N4O2.C18H39N.C7H16.C5H12.C3H8/c1-4-7-10-13-16-19-22-25-37(26-23-20-17-14-11-8-5-2)28-29-38(27-24-21-18-15-12-9-6-3)34-36(42)40-32-30-39(35-41)31-33-40;1-4-7-8-9-10-11-12-13-14-15-16-17-18-19(5-2)6-3;1-3-5-7-6-4-2;1-3-5-4-2;1-3-2/h35H,4-34H2,1-3H3;4-18H2,1-3H3;3-7H2,1-2H3;3-5H2,1-2H3;3H2,1-2H3. The van der Waals surface area contributed by atoms with E-state index in [1.165, 1.54) is 302 Å². The summed E-state index contributed by atoms with van der Waals surface area (Å²) in [4.78, 5) is 35.8. The van der Waals surface area contributed by atoms with Crippen LogP contribution in [0.1, 0.15) is 353 Å². The summed E-state index contributed by atoms with van der Waals surface area (Å²) in [6.45, 7) is 39.3. The monoisotopic (exact) mass is 1080 g/mol. The molecule has 0 radical (unpaired) electrons. The lowest BCUT2D eigenvalue weighted by Gasteiger charge is -2.34. The summed E-state index contributed by atoms with van der Waals surface area (Å²) < 4.78 is 0. The second-order valence-electron chi connectivity index (χ2n) is 23.0. The van der Waals surface area contributed by atoms with Crippen molar-refractivity contribution >= 4 is 12.3 Å². The van der Waals surface area contributed by atoms with Gasteiger partial charge in [-0.15, -0.1) is 0 Å². The van der Waals surface area contributed by atoms with Gasteiger partial charge in [-0.25, -0.2) is 0 Å². The number of nitrogens with zero attached hydrogens (tertiary/aromatic N) is 5. The first-order valence-corrected chi connectivity index (χ1v) is 34.9. The maximum absolute atomic E-state index is 13.3. The van der Waals surface area contributed by atoms with Crippen LogP contribution < -0.4 is 0 Å². The highest BCUT2D eigenvalue weighted by Gasteiger charge is 2.22. The summed E-state index contributed by atoms with van der Waals surface area (Å²) in [6, 6.07) is 0. The zero-order valence-corrected chi connectivity index (χ0v) is 55.0. The van der Waals surface area contributed by atoms with Crippen LogP contribution in [0, 0.1) is 0 Å². The van der Waals surface area contributed by atoms with Gasteiger partial charge in [-0.3, -0.25) is 14.5 Å². The number of hydrogen-bond donors (Lipinski definition) is 0. The summed E-state index contributed by atoms with van der Waals surface area (Å²) in [5.74, 6) is 0.245. The van der Waals surface area contributed by atoms with E-state index in [1.54, 1.807) is 4.90 Å². The molecule has 0 atom stereocenters. The van der Waals surface area contributed by atoms with Crippen LogP contribution >= 0.6 is 0 Å². The van der Waals surface area contributed by atoms with Crippen molar-refractivity contribution in [3.63, 3.8) is 0 Å². The van der Waals surface area contributed by atoms with Crippen molar-refractivity contribution in [3.8, 4) is 0 Å². The van der Waals surface area contributed by atoms with Crippen LogP contribution in [0.4, 0.5) is 0 Å². The van der Waals surface area contributed by atoms with Gasteiger partial charge in [0.2, 0.25) is 12.3 Å². The predicted molar refractivity (Wildman–Crippen MR) is 346 cm³/mol. The van der Waals surface area contributed by atoms with Crippen molar-refractivity contribution in [3.05, 3.63) is 0 Å².